The number of nitrogens with one attached hydrogen (secondary N) is 1. The van der Waals surface area contributed by atoms with E-state index >= 15 is 0 Å². The van der Waals surface area contributed by atoms with Crippen molar-refractivity contribution in [2.45, 2.75) is 6.54 Å². The molecular weight excluding hydrogens is 308 g/mol. The third-order valence-electron chi connectivity index (χ3n) is 3.09. The number of halogens is 1. The number of anilines is 3. The summed E-state index contributed by atoms with van der Waals surface area (Å²) in [4.78, 5) is 13.6. The smallest absolute Gasteiger partial charge is 0.223 e. The molecule has 0 unspecified atom stereocenters. The van der Waals surface area contributed by atoms with Crippen molar-refractivity contribution in [3.05, 3.63) is 34.9 Å². The van der Waals surface area contributed by atoms with Gasteiger partial charge in [-0.15, -0.1) is 0 Å². The Balaban J connectivity index is 1.55. The topological polar surface area (TPSA) is 112 Å². The van der Waals surface area contributed by atoms with Gasteiger partial charge in [0.2, 0.25) is 12.7 Å². The first-order chi connectivity index (χ1) is 10.6. The number of rotatable bonds is 4. The quantitative estimate of drug-likeness (QED) is 0.725. The number of fused-ring (bicyclic) bond motifs is 1. The minimum absolute atomic E-state index is 0.0639. The highest BCUT2D eigenvalue weighted by atomic mass is 35.5. The summed E-state index contributed by atoms with van der Waals surface area (Å²) in [6, 6.07) is 7.03. The fourth-order valence-electron chi connectivity index (χ4n) is 2.01. The summed E-state index contributed by atoms with van der Waals surface area (Å²) in [5, 5.41) is 5.38. The Bertz CT molecular complexity index is 666. The molecule has 1 aliphatic rings. The van der Waals surface area contributed by atoms with Crippen LogP contribution >= 0.6 is 11.6 Å². The lowest BCUT2D eigenvalue weighted by atomic mass is 10.2. The Hall–Kier alpha value is -2.29. The minimum Gasteiger partial charge on any atom is -0.466 e. The van der Waals surface area contributed by atoms with Crippen molar-refractivity contribution in [3.63, 3.8) is 0 Å². The maximum atomic E-state index is 5.84. The van der Waals surface area contributed by atoms with Crippen LogP contribution in [0.25, 0.3) is 0 Å². The molecule has 0 bridgehead atoms. The molecule has 3 rings (SSSR count). The molecule has 0 spiro atoms. The number of hydrogen-bond acceptors (Lipinski definition) is 8. The average Bonchev–Trinajstić information content (AvgIpc) is 2.50. The third-order valence-corrected chi connectivity index (χ3v) is 3.34. The average molecular weight is 323 g/mol. The zero-order valence-electron chi connectivity index (χ0n) is 11.6. The van der Waals surface area contributed by atoms with Gasteiger partial charge in [-0.1, -0.05) is 11.6 Å². The normalized spacial score (nSPS) is 14.2. The molecule has 0 radical (unpaired) electrons. The molecule has 0 amide bonds. The number of benzene rings is 1. The van der Waals surface area contributed by atoms with E-state index in [1.54, 1.807) is 29.3 Å². The Kier molecular flexibility index (Phi) is 4.14. The van der Waals surface area contributed by atoms with Gasteiger partial charge in [0.25, 0.3) is 0 Å². The Morgan fingerprint density at radius 1 is 1.23 bits per heavy atom. The van der Waals surface area contributed by atoms with Crippen LogP contribution < -0.4 is 21.5 Å². The Morgan fingerprint density at radius 3 is 2.77 bits per heavy atom. The van der Waals surface area contributed by atoms with Crippen LogP contribution in [0.3, 0.4) is 0 Å². The molecule has 1 aromatic carbocycles. The van der Waals surface area contributed by atoms with E-state index in [-0.39, 0.29) is 12.7 Å². The van der Waals surface area contributed by atoms with Crippen LogP contribution in [0.1, 0.15) is 5.56 Å². The lowest BCUT2D eigenvalue weighted by Crippen LogP contribution is -2.36. The molecule has 1 aliphatic heterocycles. The molecule has 2 heterocycles. The van der Waals surface area contributed by atoms with Crippen molar-refractivity contribution in [2.75, 3.05) is 30.2 Å². The van der Waals surface area contributed by atoms with Crippen LogP contribution in [-0.4, -0.2) is 28.5 Å². The summed E-state index contributed by atoms with van der Waals surface area (Å²) in [6.07, 6.45) is 0. The molecular formula is C13H15ClN6O2. The van der Waals surface area contributed by atoms with E-state index in [4.69, 9.17) is 32.6 Å². The highest BCUT2D eigenvalue weighted by molar-refractivity contribution is 6.30. The molecule has 5 N–H and O–H groups in total. The van der Waals surface area contributed by atoms with Gasteiger partial charge in [-0.2, -0.15) is 15.0 Å². The highest BCUT2D eigenvalue weighted by Crippen LogP contribution is 2.25. The molecule has 0 saturated heterocycles. The van der Waals surface area contributed by atoms with E-state index in [0.29, 0.717) is 35.6 Å². The predicted molar refractivity (Wildman–Crippen MR) is 82.9 cm³/mol. The van der Waals surface area contributed by atoms with E-state index in [9.17, 15) is 0 Å². The van der Waals surface area contributed by atoms with Gasteiger partial charge >= 0.3 is 0 Å². The summed E-state index contributed by atoms with van der Waals surface area (Å²) < 4.78 is 5.47. The standard InChI is InChI=1S/C13H15ClN6O2/c14-8-1-3-9(4-2-8)21-7-22-20-5-10-11(15)18-13(16)19-12(10)17-6-20/h1-4H,5-7H2,(H5,15,16,17,18,19). The number of nitrogen functional groups attached to an aromatic ring is 2. The monoisotopic (exact) mass is 322 g/mol. The second-order valence-corrected chi connectivity index (χ2v) is 5.05. The van der Waals surface area contributed by atoms with Crippen molar-refractivity contribution in [2.24, 2.45) is 0 Å². The molecule has 0 fully saturated rings. The number of hydrogen-bond donors (Lipinski definition) is 3. The van der Waals surface area contributed by atoms with Gasteiger partial charge in [-0.05, 0) is 24.3 Å². The second-order valence-electron chi connectivity index (χ2n) is 4.61. The van der Waals surface area contributed by atoms with Gasteiger partial charge in [-0.25, -0.2) is 0 Å². The van der Waals surface area contributed by atoms with E-state index in [1.807, 2.05) is 0 Å². The molecule has 0 aliphatic carbocycles. The van der Waals surface area contributed by atoms with Crippen LogP contribution in [0.2, 0.25) is 5.02 Å². The fraction of sp³-hybridized carbons (Fsp3) is 0.231. The predicted octanol–water partition coefficient (Wildman–Crippen LogP) is 1.45. The Labute approximate surface area is 131 Å². The first-order valence-electron chi connectivity index (χ1n) is 6.54. The van der Waals surface area contributed by atoms with Gasteiger partial charge in [0.05, 0.1) is 18.8 Å². The fourth-order valence-corrected chi connectivity index (χ4v) is 2.13. The molecule has 2 aromatic rings. The van der Waals surface area contributed by atoms with E-state index in [0.717, 1.165) is 5.56 Å². The van der Waals surface area contributed by atoms with Gasteiger partial charge in [-0.3, -0.25) is 4.84 Å². The molecule has 9 heteroatoms. The molecule has 0 saturated carbocycles. The van der Waals surface area contributed by atoms with Crippen LogP contribution in [0.5, 0.6) is 5.75 Å². The number of ether oxygens (including phenoxy) is 1. The number of nitrogens with two attached hydrogens (primary N) is 2. The van der Waals surface area contributed by atoms with Crippen LogP contribution in [0.15, 0.2) is 24.3 Å². The number of aromatic nitrogens is 2. The van der Waals surface area contributed by atoms with Gasteiger partial charge < -0.3 is 21.5 Å². The zero-order valence-corrected chi connectivity index (χ0v) is 12.4. The molecule has 8 nitrogen and oxygen atoms in total. The summed E-state index contributed by atoms with van der Waals surface area (Å²) in [7, 11) is 0. The second kappa shape index (κ2) is 6.22. The van der Waals surface area contributed by atoms with Crippen LogP contribution in [0, 0.1) is 0 Å². The summed E-state index contributed by atoms with van der Waals surface area (Å²) in [5.41, 5.74) is 12.1. The van der Waals surface area contributed by atoms with E-state index in [2.05, 4.69) is 15.3 Å². The number of nitrogens with zero attached hydrogens (tertiary/aromatic N) is 3. The van der Waals surface area contributed by atoms with Crippen molar-refractivity contribution in [1.82, 2.24) is 15.0 Å². The highest BCUT2D eigenvalue weighted by Gasteiger charge is 2.21. The first kappa shape index (κ1) is 14.6. The van der Waals surface area contributed by atoms with Gasteiger partial charge in [0.15, 0.2) is 0 Å². The molecule has 22 heavy (non-hydrogen) atoms. The third kappa shape index (κ3) is 3.30. The van der Waals surface area contributed by atoms with Crippen molar-refractivity contribution in [3.8, 4) is 5.75 Å². The van der Waals surface area contributed by atoms with Crippen molar-refractivity contribution < 1.29 is 9.57 Å². The maximum absolute atomic E-state index is 5.84. The largest absolute Gasteiger partial charge is 0.466 e. The lowest BCUT2D eigenvalue weighted by Gasteiger charge is -2.28. The van der Waals surface area contributed by atoms with Crippen molar-refractivity contribution in [1.29, 1.82) is 0 Å². The summed E-state index contributed by atoms with van der Waals surface area (Å²) >= 11 is 5.81. The maximum Gasteiger partial charge on any atom is 0.223 e. The van der Waals surface area contributed by atoms with Crippen molar-refractivity contribution >= 4 is 29.2 Å². The van der Waals surface area contributed by atoms with E-state index in [1.165, 1.54) is 0 Å². The molecule has 0 atom stereocenters. The lowest BCUT2D eigenvalue weighted by molar-refractivity contribution is -0.205. The van der Waals surface area contributed by atoms with E-state index < -0.39 is 0 Å². The van der Waals surface area contributed by atoms with Crippen LogP contribution in [0.4, 0.5) is 17.6 Å². The zero-order chi connectivity index (χ0) is 15.5. The SMILES string of the molecule is Nc1nc(N)c2c(n1)NCN(OCOc1ccc(Cl)cc1)C2. The Morgan fingerprint density at radius 2 is 2.00 bits per heavy atom. The molecule has 116 valence electrons. The van der Waals surface area contributed by atoms with Crippen LogP contribution in [-0.2, 0) is 11.4 Å². The first-order valence-corrected chi connectivity index (χ1v) is 6.91. The summed E-state index contributed by atoms with van der Waals surface area (Å²) in [6.45, 7) is 0.944. The van der Waals surface area contributed by atoms with Gasteiger partial charge in [0.1, 0.15) is 17.4 Å². The molecule has 1 aromatic heterocycles. The minimum atomic E-state index is 0.0639. The van der Waals surface area contributed by atoms with Gasteiger partial charge in [0, 0.05) is 5.02 Å². The summed E-state index contributed by atoms with van der Waals surface area (Å²) in [5.74, 6) is 1.78. The number of hydroxylamine groups is 2.